The molecule has 3 aromatic rings. The number of halogens is 1. The van der Waals surface area contributed by atoms with E-state index in [-0.39, 0.29) is 0 Å². The summed E-state index contributed by atoms with van der Waals surface area (Å²) in [5, 5.41) is 8.22. The Bertz CT molecular complexity index is 784. The Morgan fingerprint density at radius 1 is 1.29 bits per heavy atom. The van der Waals surface area contributed by atoms with Gasteiger partial charge in [0.25, 0.3) is 0 Å². The average Bonchev–Trinajstić information content (AvgIpc) is 2.90. The first-order valence-electron chi connectivity index (χ1n) is 6.56. The maximum atomic E-state index is 6.21. The summed E-state index contributed by atoms with van der Waals surface area (Å²) in [5.74, 6) is 1.31. The molecule has 1 aromatic carbocycles. The van der Waals surface area contributed by atoms with E-state index in [1.54, 1.807) is 11.6 Å². The molecule has 0 amide bonds. The number of hydrogen-bond donors (Lipinski definition) is 1. The topological polar surface area (TPSA) is 51.5 Å². The van der Waals surface area contributed by atoms with E-state index in [2.05, 4.69) is 15.4 Å². The highest BCUT2D eigenvalue weighted by Crippen LogP contribution is 2.26. The molecule has 0 saturated heterocycles. The Kier molecular flexibility index (Phi) is 3.66. The molecule has 6 heteroatoms. The summed E-state index contributed by atoms with van der Waals surface area (Å²) in [6, 6.07) is 9.52. The Morgan fingerprint density at radius 3 is 2.90 bits per heavy atom. The third-order valence-electron chi connectivity index (χ3n) is 3.28. The fraction of sp³-hybridized carbons (Fsp3) is 0.200. The van der Waals surface area contributed by atoms with Crippen molar-refractivity contribution in [3.8, 4) is 5.75 Å². The van der Waals surface area contributed by atoms with Crippen LogP contribution in [0, 0.1) is 6.92 Å². The molecule has 0 fully saturated rings. The Hall–Kier alpha value is -2.27. The van der Waals surface area contributed by atoms with Crippen LogP contribution in [0.4, 0.5) is 5.95 Å². The smallest absolute Gasteiger partial charge is 0.243 e. The molecule has 21 heavy (non-hydrogen) atoms. The van der Waals surface area contributed by atoms with Crippen LogP contribution in [-0.4, -0.2) is 21.7 Å². The van der Waals surface area contributed by atoms with Gasteiger partial charge in [-0.25, -0.2) is 4.52 Å². The molecule has 2 heterocycles. The zero-order valence-corrected chi connectivity index (χ0v) is 12.6. The molecule has 0 radical (unpaired) electrons. The number of rotatable bonds is 4. The number of methoxy groups -OCH3 is 1. The number of aryl methyl sites for hydroxylation is 1. The van der Waals surface area contributed by atoms with Gasteiger partial charge in [0.15, 0.2) is 5.65 Å². The van der Waals surface area contributed by atoms with Crippen LogP contribution >= 0.6 is 11.6 Å². The maximum absolute atomic E-state index is 6.21. The van der Waals surface area contributed by atoms with E-state index in [1.165, 1.54) is 0 Å². The molecule has 0 aliphatic rings. The van der Waals surface area contributed by atoms with Crippen molar-refractivity contribution in [3.05, 3.63) is 52.7 Å². The average molecular weight is 303 g/mol. The Balaban J connectivity index is 1.85. The molecular weight excluding hydrogens is 288 g/mol. The van der Waals surface area contributed by atoms with Crippen LogP contribution in [-0.2, 0) is 6.54 Å². The lowest BCUT2D eigenvalue weighted by Crippen LogP contribution is -2.04. The molecule has 0 saturated carbocycles. The fourth-order valence-corrected chi connectivity index (χ4v) is 2.42. The number of hydrogen-bond acceptors (Lipinski definition) is 4. The van der Waals surface area contributed by atoms with Crippen LogP contribution in [0.5, 0.6) is 5.75 Å². The van der Waals surface area contributed by atoms with Crippen LogP contribution in [0.3, 0.4) is 0 Å². The molecule has 1 N–H and O–H groups in total. The van der Waals surface area contributed by atoms with Crippen LogP contribution in [0.25, 0.3) is 5.65 Å². The predicted octanol–water partition coefficient (Wildman–Crippen LogP) is 3.31. The van der Waals surface area contributed by atoms with Gasteiger partial charge >= 0.3 is 0 Å². The standard InChI is InChI=1S/C15H15ClN4O/c1-10-5-4-8-20-14(10)18-15(19-20)17-9-11-12(16)6-3-7-13(11)21-2/h3-8H,9H2,1-2H3,(H,17,19). The number of ether oxygens (including phenoxy) is 1. The van der Waals surface area contributed by atoms with Gasteiger partial charge in [-0.2, -0.15) is 4.98 Å². The summed E-state index contributed by atoms with van der Waals surface area (Å²) < 4.78 is 7.07. The monoisotopic (exact) mass is 302 g/mol. The Morgan fingerprint density at radius 2 is 2.14 bits per heavy atom. The van der Waals surface area contributed by atoms with Gasteiger partial charge in [0.05, 0.1) is 7.11 Å². The van der Waals surface area contributed by atoms with Crippen LogP contribution < -0.4 is 10.1 Å². The lowest BCUT2D eigenvalue weighted by molar-refractivity contribution is 0.410. The largest absolute Gasteiger partial charge is 0.496 e. The third kappa shape index (κ3) is 2.64. The van der Waals surface area contributed by atoms with Crippen LogP contribution in [0.1, 0.15) is 11.1 Å². The number of nitrogens with one attached hydrogen (secondary N) is 1. The van der Waals surface area contributed by atoms with Gasteiger partial charge in [-0.3, -0.25) is 0 Å². The summed E-state index contributed by atoms with van der Waals surface area (Å²) in [6.45, 7) is 2.50. The van der Waals surface area contributed by atoms with E-state index in [1.807, 2.05) is 43.5 Å². The minimum absolute atomic E-state index is 0.499. The van der Waals surface area contributed by atoms with Gasteiger partial charge in [0.2, 0.25) is 5.95 Å². The van der Waals surface area contributed by atoms with Crippen LogP contribution in [0.15, 0.2) is 36.5 Å². The molecule has 0 spiro atoms. The number of aromatic nitrogens is 3. The first kappa shape index (κ1) is 13.7. The van der Waals surface area contributed by atoms with Crippen molar-refractivity contribution < 1.29 is 4.74 Å². The van der Waals surface area contributed by atoms with Gasteiger partial charge in [0, 0.05) is 23.3 Å². The number of fused-ring (bicyclic) bond motifs is 1. The van der Waals surface area contributed by atoms with Gasteiger partial charge in [-0.15, -0.1) is 5.10 Å². The second-order valence-electron chi connectivity index (χ2n) is 4.67. The van der Waals surface area contributed by atoms with E-state index in [0.717, 1.165) is 22.5 Å². The fourth-order valence-electron chi connectivity index (χ4n) is 2.18. The van der Waals surface area contributed by atoms with E-state index in [4.69, 9.17) is 16.3 Å². The number of pyridine rings is 1. The summed E-state index contributed by atoms with van der Waals surface area (Å²) in [5.41, 5.74) is 2.80. The van der Waals surface area contributed by atoms with E-state index in [9.17, 15) is 0 Å². The SMILES string of the molecule is COc1cccc(Cl)c1CNc1nc2c(C)cccn2n1. The number of benzene rings is 1. The zero-order valence-electron chi connectivity index (χ0n) is 11.8. The highest BCUT2D eigenvalue weighted by Gasteiger charge is 2.10. The summed E-state index contributed by atoms with van der Waals surface area (Å²) in [6.07, 6.45) is 1.87. The maximum Gasteiger partial charge on any atom is 0.243 e. The molecule has 108 valence electrons. The van der Waals surface area contributed by atoms with Crippen molar-refractivity contribution in [1.29, 1.82) is 0 Å². The zero-order chi connectivity index (χ0) is 14.8. The summed E-state index contributed by atoms with van der Waals surface area (Å²) >= 11 is 6.21. The highest BCUT2D eigenvalue weighted by molar-refractivity contribution is 6.31. The summed E-state index contributed by atoms with van der Waals surface area (Å²) in [7, 11) is 1.63. The number of anilines is 1. The van der Waals surface area contributed by atoms with Gasteiger partial charge in [0.1, 0.15) is 5.75 Å². The van der Waals surface area contributed by atoms with Crippen molar-refractivity contribution in [3.63, 3.8) is 0 Å². The van der Waals surface area contributed by atoms with Crippen molar-refractivity contribution in [2.24, 2.45) is 0 Å². The minimum atomic E-state index is 0.499. The van der Waals surface area contributed by atoms with Gasteiger partial charge in [-0.05, 0) is 30.7 Å². The third-order valence-corrected chi connectivity index (χ3v) is 3.63. The quantitative estimate of drug-likeness (QED) is 0.803. The van der Waals surface area contributed by atoms with Crippen molar-refractivity contribution in [2.45, 2.75) is 13.5 Å². The minimum Gasteiger partial charge on any atom is -0.496 e. The van der Waals surface area contributed by atoms with E-state index >= 15 is 0 Å². The van der Waals surface area contributed by atoms with Crippen molar-refractivity contribution >= 4 is 23.2 Å². The second-order valence-corrected chi connectivity index (χ2v) is 5.08. The van der Waals surface area contributed by atoms with Crippen molar-refractivity contribution in [1.82, 2.24) is 14.6 Å². The van der Waals surface area contributed by atoms with E-state index < -0.39 is 0 Å². The molecule has 2 aromatic heterocycles. The molecule has 0 aliphatic heterocycles. The Labute approximate surface area is 127 Å². The molecule has 0 unspecified atom stereocenters. The first-order chi connectivity index (χ1) is 10.2. The second kappa shape index (κ2) is 5.61. The molecule has 0 bridgehead atoms. The number of nitrogens with zero attached hydrogens (tertiary/aromatic N) is 3. The molecule has 3 rings (SSSR count). The molecular formula is C15H15ClN4O. The lowest BCUT2D eigenvalue weighted by Gasteiger charge is -2.10. The molecule has 0 aliphatic carbocycles. The first-order valence-corrected chi connectivity index (χ1v) is 6.94. The molecule has 0 atom stereocenters. The van der Waals surface area contributed by atoms with Gasteiger partial charge < -0.3 is 10.1 Å². The highest BCUT2D eigenvalue weighted by atomic mass is 35.5. The van der Waals surface area contributed by atoms with Crippen LogP contribution in [0.2, 0.25) is 5.02 Å². The van der Waals surface area contributed by atoms with Crippen molar-refractivity contribution in [2.75, 3.05) is 12.4 Å². The lowest BCUT2D eigenvalue weighted by atomic mass is 10.2. The summed E-state index contributed by atoms with van der Waals surface area (Å²) in [4.78, 5) is 4.47. The van der Waals surface area contributed by atoms with Gasteiger partial charge in [-0.1, -0.05) is 23.7 Å². The normalized spacial score (nSPS) is 10.8. The molecule has 5 nitrogen and oxygen atoms in total. The van der Waals surface area contributed by atoms with E-state index in [0.29, 0.717) is 17.5 Å². The predicted molar refractivity (Wildman–Crippen MR) is 83.1 cm³/mol.